The summed E-state index contributed by atoms with van der Waals surface area (Å²) in [5, 5.41) is 8.64. The molecule has 1 amide bonds. The summed E-state index contributed by atoms with van der Waals surface area (Å²) >= 11 is 0. The molecular weight excluding hydrogens is 224 g/mol. The molecule has 6 nitrogen and oxygen atoms in total. The molecule has 6 heteroatoms. The number of carbonyl (C=O) groups excluding carboxylic acids is 1. The van der Waals surface area contributed by atoms with Crippen molar-refractivity contribution in [2.75, 3.05) is 6.61 Å². The smallest absolute Gasteiger partial charge is 0.306 e. The van der Waals surface area contributed by atoms with E-state index in [-0.39, 0.29) is 11.8 Å². The van der Waals surface area contributed by atoms with Crippen molar-refractivity contribution >= 4 is 11.9 Å². The Balaban J connectivity index is 0.000000318. The fourth-order valence-electron chi connectivity index (χ4n) is 1.44. The normalized spacial score (nSPS) is 18.6. The number of nitrogens with one attached hydrogen (secondary N) is 1. The molecule has 1 aliphatic rings. The van der Waals surface area contributed by atoms with Gasteiger partial charge in [-0.1, -0.05) is 26.7 Å². The van der Waals surface area contributed by atoms with Crippen molar-refractivity contribution in [2.24, 2.45) is 11.7 Å². The number of carboxylic acid groups (broad SMARTS) is 1. The molecule has 0 aliphatic carbocycles. The minimum Gasteiger partial charge on any atom is -0.481 e. The zero-order chi connectivity index (χ0) is 13.3. The highest BCUT2D eigenvalue weighted by atomic mass is 16.7. The van der Waals surface area contributed by atoms with Gasteiger partial charge in [0.2, 0.25) is 0 Å². The monoisotopic (exact) mass is 246 g/mol. The minimum atomic E-state index is -0.635. The lowest BCUT2D eigenvalue weighted by Gasteiger charge is -2.07. The van der Waals surface area contributed by atoms with Crippen LogP contribution in [0.3, 0.4) is 0 Å². The third-order valence-corrected chi connectivity index (χ3v) is 2.40. The van der Waals surface area contributed by atoms with E-state index in [4.69, 9.17) is 10.8 Å². The van der Waals surface area contributed by atoms with Gasteiger partial charge in [-0.05, 0) is 12.8 Å². The zero-order valence-corrected chi connectivity index (χ0v) is 10.4. The first-order chi connectivity index (χ1) is 8.02. The summed E-state index contributed by atoms with van der Waals surface area (Å²) in [6, 6.07) is -0.458. The largest absolute Gasteiger partial charge is 0.481 e. The topological polar surface area (TPSA) is 102 Å². The van der Waals surface area contributed by atoms with Gasteiger partial charge in [0.1, 0.15) is 6.04 Å². The van der Waals surface area contributed by atoms with Crippen molar-refractivity contribution in [2.45, 2.75) is 45.6 Å². The van der Waals surface area contributed by atoms with Crippen LogP contribution < -0.4 is 11.2 Å². The minimum absolute atomic E-state index is 0.102. The molecule has 17 heavy (non-hydrogen) atoms. The third-order valence-electron chi connectivity index (χ3n) is 2.40. The van der Waals surface area contributed by atoms with E-state index in [1.54, 1.807) is 0 Å². The number of nitrogens with two attached hydrogens (primary N) is 1. The van der Waals surface area contributed by atoms with Crippen LogP contribution >= 0.6 is 0 Å². The Morgan fingerprint density at radius 3 is 2.24 bits per heavy atom. The second kappa shape index (κ2) is 8.95. The van der Waals surface area contributed by atoms with Gasteiger partial charge in [-0.25, -0.2) is 5.48 Å². The quantitative estimate of drug-likeness (QED) is 0.661. The van der Waals surface area contributed by atoms with Crippen LogP contribution in [0.15, 0.2) is 0 Å². The molecule has 0 spiro atoms. The van der Waals surface area contributed by atoms with Gasteiger partial charge in [-0.15, -0.1) is 0 Å². The summed E-state index contributed by atoms with van der Waals surface area (Å²) in [5.74, 6) is -0.973. The number of carboxylic acids is 1. The number of hydrogen-bond donors (Lipinski definition) is 3. The lowest BCUT2D eigenvalue weighted by molar-refractivity contribution is -0.142. The average molecular weight is 246 g/mol. The highest BCUT2D eigenvalue weighted by Gasteiger charge is 2.19. The number of carbonyl (C=O) groups is 2. The van der Waals surface area contributed by atoms with E-state index >= 15 is 0 Å². The first-order valence-electron chi connectivity index (χ1n) is 5.92. The molecule has 0 saturated carbocycles. The summed E-state index contributed by atoms with van der Waals surface area (Å²) < 4.78 is 0. The maximum atomic E-state index is 10.5. The van der Waals surface area contributed by atoms with Gasteiger partial charge >= 0.3 is 5.97 Å². The summed E-state index contributed by atoms with van der Waals surface area (Å²) in [5.41, 5.74) is 7.25. The van der Waals surface area contributed by atoms with Crippen LogP contribution in [-0.4, -0.2) is 29.6 Å². The second-order valence-electron chi connectivity index (χ2n) is 4.00. The SMILES string of the molecule is CCCC(CCC)C(=O)O.N[C@@H]1CONC1=O. The molecule has 1 rings (SSSR count). The summed E-state index contributed by atoms with van der Waals surface area (Å²) in [6.07, 6.45) is 3.58. The van der Waals surface area contributed by atoms with E-state index in [1.165, 1.54) is 0 Å². The number of hydroxylamine groups is 1. The molecule has 1 aliphatic heterocycles. The molecule has 0 bridgehead atoms. The number of rotatable bonds is 5. The van der Waals surface area contributed by atoms with Crippen LogP contribution in [0.25, 0.3) is 0 Å². The Morgan fingerprint density at radius 1 is 1.53 bits per heavy atom. The summed E-state index contributed by atoms with van der Waals surface area (Å²) in [4.78, 5) is 25.1. The Kier molecular flexibility index (Phi) is 8.35. The Hall–Kier alpha value is -1.14. The molecule has 0 unspecified atom stereocenters. The number of aliphatic carboxylic acids is 1. The van der Waals surface area contributed by atoms with Gasteiger partial charge in [-0.3, -0.25) is 14.4 Å². The molecule has 0 aromatic rings. The number of hydrogen-bond acceptors (Lipinski definition) is 4. The molecule has 1 heterocycles. The van der Waals surface area contributed by atoms with Crippen molar-refractivity contribution in [1.29, 1.82) is 0 Å². The molecule has 4 N–H and O–H groups in total. The van der Waals surface area contributed by atoms with Crippen molar-refractivity contribution in [3.8, 4) is 0 Å². The predicted octanol–water partition coefficient (Wildman–Crippen LogP) is 0.663. The van der Waals surface area contributed by atoms with Crippen LogP contribution in [-0.2, 0) is 14.4 Å². The predicted molar refractivity (Wildman–Crippen MR) is 63.0 cm³/mol. The van der Waals surface area contributed by atoms with Gasteiger partial charge in [0, 0.05) is 0 Å². The summed E-state index contributed by atoms with van der Waals surface area (Å²) in [7, 11) is 0. The molecular formula is C11H22N2O4. The average Bonchev–Trinajstić information content (AvgIpc) is 2.64. The second-order valence-corrected chi connectivity index (χ2v) is 4.00. The van der Waals surface area contributed by atoms with Crippen LogP contribution in [0.2, 0.25) is 0 Å². The van der Waals surface area contributed by atoms with Crippen LogP contribution in [0, 0.1) is 5.92 Å². The molecule has 0 aromatic carbocycles. The van der Waals surface area contributed by atoms with E-state index in [1.807, 2.05) is 13.8 Å². The molecule has 1 fully saturated rings. The molecule has 0 aromatic heterocycles. The molecule has 100 valence electrons. The van der Waals surface area contributed by atoms with E-state index in [0.717, 1.165) is 25.7 Å². The van der Waals surface area contributed by atoms with Crippen LogP contribution in [0.1, 0.15) is 39.5 Å². The maximum Gasteiger partial charge on any atom is 0.306 e. The molecule has 0 radical (unpaired) electrons. The summed E-state index contributed by atoms with van der Waals surface area (Å²) in [6.45, 7) is 4.33. The van der Waals surface area contributed by atoms with Gasteiger partial charge in [0.15, 0.2) is 0 Å². The van der Waals surface area contributed by atoms with Crippen LogP contribution in [0.4, 0.5) is 0 Å². The standard InChI is InChI=1S/C8H16O2.C3H6N2O2/c1-3-5-7(6-4-2)8(9)10;4-2-1-7-5-3(2)6/h7H,3-6H2,1-2H3,(H,9,10);2H,1,4H2,(H,5,6)/t;2-/m.1/s1. The van der Waals surface area contributed by atoms with Crippen molar-refractivity contribution < 1.29 is 19.5 Å². The first kappa shape index (κ1) is 15.9. The fourth-order valence-corrected chi connectivity index (χ4v) is 1.44. The van der Waals surface area contributed by atoms with Gasteiger partial charge in [-0.2, -0.15) is 0 Å². The van der Waals surface area contributed by atoms with Crippen molar-refractivity contribution in [1.82, 2.24) is 5.48 Å². The Labute approximate surface area is 101 Å². The Morgan fingerprint density at radius 2 is 2.06 bits per heavy atom. The van der Waals surface area contributed by atoms with Crippen LogP contribution in [0.5, 0.6) is 0 Å². The van der Waals surface area contributed by atoms with Gasteiger partial charge < -0.3 is 10.8 Å². The molecule has 1 saturated heterocycles. The van der Waals surface area contributed by atoms with E-state index in [9.17, 15) is 9.59 Å². The zero-order valence-electron chi connectivity index (χ0n) is 10.4. The Bertz CT molecular complexity index is 240. The molecule has 1 atom stereocenters. The van der Waals surface area contributed by atoms with Gasteiger partial charge in [0.25, 0.3) is 5.91 Å². The highest BCUT2D eigenvalue weighted by molar-refractivity contribution is 5.81. The third kappa shape index (κ3) is 6.91. The lowest BCUT2D eigenvalue weighted by Crippen LogP contribution is -2.31. The van der Waals surface area contributed by atoms with E-state index < -0.39 is 12.0 Å². The lowest BCUT2D eigenvalue weighted by atomic mass is 9.99. The number of amides is 1. The van der Waals surface area contributed by atoms with E-state index in [0.29, 0.717) is 6.61 Å². The fraction of sp³-hybridized carbons (Fsp3) is 0.818. The first-order valence-corrected chi connectivity index (χ1v) is 5.92. The highest BCUT2D eigenvalue weighted by Crippen LogP contribution is 2.12. The van der Waals surface area contributed by atoms with E-state index in [2.05, 4.69) is 10.3 Å². The van der Waals surface area contributed by atoms with Crippen molar-refractivity contribution in [3.63, 3.8) is 0 Å². The maximum absolute atomic E-state index is 10.5. The van der Waals surface area contributed by atoms with Gasteiger partial charge in [0.05, 0.1) is 12.5 Å². The van der Waals surface area contributed by atoms with Crippen molar-refractivity contribution in [3.05, 3.63) is 0 Å².